The summed E-state index contributed by atoms with van der Waals surface area (Å²) in [4.78, 5) is 35.1. The molecule has 2 aromatic heterocycles. The van der Waals surface area contributed by atoms with Crippen molar-refractivity contribution in [3.8, 4) is 5.69 Å². The van der Waals surface area contributed by atoms with E-state index < -0.39 is 5.25 Å². The molecule has 1 aliphatic heterocycles. The molecule has 9 heteroatoms. The lowest BCUT2D eigenvalue weighted by Gasteiger charge is -2.31. The minimum Gasteiger partial charge on any atom is -0.311 e. The van der Waals surface area contributed by atoms with Gasteiger partial charge >= 0.3 is 0 Å². The Morgan fingerprint density at radius 3 is 2.91 bits per heavy atom. The summed E-state index contributed by atoms with van der Waals surface area (Å²) in [6.07, 6.45) is 3.39. The monoisotopic (exact) mass is 465 g/mol. The lowest BCUT2D eigenvalue weighted by atomic mass is 10.0. The van der Waals surface area contributed by atoms with Crippen LogP contribution in [0, 0.1) is 0 Å². The van der Waals surface area contributed by atoms with Crippen LogP contribution in [0.2, 0.25) is 5.02 Å². The number of hydrogen-bond acceptors (Lipinski definition) is 5. The van der Waals surface area contributed by atoms with E-state index in [1.165, 1.54) is 23.5 Å². The normalized spacial score (nSPS) is 14.4. The van der Waals surface area contributed by atoms with Gasteiger partial charge in [0.1, 0.15) is 5.39 Å². The number of carbonyl (C=O) groups is 1. The van der Waals surface area contributed by atoms with Crippen LogP contribution in [0.3, 0.4) is 0 Å². The van der Waals surface area contributed by atoms with Gasteiger partial charge in [-0.1, -0.05) is 47.6 Å². The zero-order valence-corrected chi connectivity index (χ0v) is 18.9. The first-order valence-corrected chi connectivity index (χ1v) is 11.6. The van der Waals surface area contributed by atoms with Crippen LogP contribution >= 0.6 is 23.4 Å². The number of para-hydroxylation sites is 1. The molecule has 1 aliphatic rings. The number of nitrogens with one attached hydrogen (secondary N) is 1. The van der Waals surface area contributed by atoms with Gasteiger partial charge in [0.25, 0.3) is 5.56 Å². The van der Waals surface area contributed by atoms with Crippen molar-refractivity contribution >= 4 is 46.0 Å². The first-order chi connectivity index (χ1) is 15.5. The molecule has 1 atom stereocenters. The van der Waals surface area contributed by atoms with Gasteiger partial charge in [0.2, 0.25) is 5.91 Å². The molecule has 4 aromatic rings. The Hall–Kier alpha value is -3.10. The molecule has 1 amide bonds. The average molecular weight is 466 g/mol. The number of benzene rings is 2. The maximum absolute atomic E-state index is 13.2. The van der Waals surface area contributed by atoms with Crippen LogP contribution in [0.15, 0.2) is 64.7 Å². The smallest absolute Gasteiger partial charge is 0.262 e. The SMILES string of the molecule is CC(Sc1nc2c(cnn2-c2cccc(Cl)c2)c(=O)[nH]1)C(=O)N1CCCc2ccccc21. The Morgan fingerprint density at radius 2 is 2.06 bits per heavy atom. The summed E-state index contributed by atoms with van der Waals surface area (Å²) < 4.78 is 1.58. The molecular weight excluding hydrogens is 446 g/mol. The summed E-state index contributed by atoms with van der Waals surface area (Å²) in [6, 6.07) is 15.2. The molecule has 1 N–H and O–H groups in total. The molecule has 0 fully saturated rings. The number of aromatic amines is 1. The molecule has 0 bridgehead atoms. The van der Waals surface area contributed by atoms with Gasteiger partial charge < -0.3 is 9.88 Å². The molecule has 162 valence electrons. The highest BCUT2D eigenvalue weighted by molar-refractivity contribution is 8.00. The second-order valence-electron chi connectivity index (χ2n) is 7.63. The second kappa shape index (κ2) is 8.44. The van der Waals surface area contributed by atoms with Crippen LogP contribution in [0.25, 0.3) is 16.7 Å². The number of H-pyrrole nitrogens is 1. The third-order valence-corrected chi connectivity index (χ3v) is 6.69. The number of anilines is 1. The summed E-state index contributed by atoms with van der Waals surface area (Å²) in [5.41, 5.74) is 2.97. The molecule has 0 radical (unpaired) electrons. The summed E-state index contributed by atoms with van der Waals surface area (Å²) in [5, 5.41) is 5.19. The van der Waals surface area contributed by atoms with E-state index in [1.54, 1.807) is 16.8 Å². The van der Waals surface area contributed by atoms with Crippen LogP contribution < -0.4 is 10.5 Å². The van der Waals surface area contributed by atoms with E-state index in [0.29, 0.717) is 33.4 Å². The molecule has 0 aliphatic carbocycles. The molecule has 2 aromatic carbocycles. The van der Waals surface area contributed by atoms with Gasteiger partial charge in [0.05, 0.1) is 17.1 Å². The second-order valence-corrected chi connectivity index (χ2v) is 9.39. The minimum atomic E-state index is -0.427. The maximum atomic E-state index is 13.2. The van der Waals surface area contributed by atoms with Crippen LogP contribution in [-0.2, 0) is 11.2 Å². The van der Waals surface area contributed by atoms with E-state index in [9.17, 15) is 9.59 Å². The molecular formula is C23H20ClN5O2S. The lowest BCUT2D eigenvalue weighted by molar-refractivity contribution is -0.117. The first kappa shape index (κ1) is 20.8. The number of halogens is 1. The first-order valence-electron chi connectivity index (χ1n) is 10.3. The fraction of sp³-hybridized carbons (Fsp3) is 0.217. The van der Waals surface area contributed by atoms with E-state index in [-0.39, 0.29) is 11.5 Å². The lowest BCUT2D eigenvalue weighted by Crippen LogP contribution is -2.40. The Labute approximate surface area is 193 Å². The highest BCUT2D eigenvalue weighted by atomic mass is 35.5. The fourth-order valence-electron chi connectivity index (χ4n) is 3.95. The number of thioether (sulfide) groups is 1. The highest BCUT2D eigenvalue weighted by Gasteiger charge is 2.27. The Balaban J connectivity index is 1.45. The van der Waals surface area contributed by atoms with Gasteiger partial charge in [-0.3, -0.25) is 9.59 Å². The molecule has 5 rings (SSSR count). The van der Waals surface area contributed by atoms with E-state index in [2.05, 4.69) is 21.1 Å². The number of hydrogen-bond donors (Lipinski definition) is 1. The standard InChI is InChI=1S/C23H20ClN5O2S/c1-14(22(31)28-11-5-7-15-6-2-3-10-19(15)28)32-23-26-20-18(21(30)27-23)13-25-29(20)17-9-4-8-16(24)12-17/h2-4,6,8-10,12-14H,5,7,11H2,1H3,(H,26,27,30). The third kappa shape index (κ3) is 3.80. The predicted molar refractivity (Wildman–Crippen MR) is 127 cm³/mol. The fourth-order valence-corrected chi connectivity index (χ4v) is 4.99. The molecule has 0 saturated heterocycles. The van der Waals surface area contributed by atoms with E-state index in [1.807, 2.05) is 42.2 Å². The summed E-state index contributed by atoms with van der Waals surface area (Å²) in [5.74, 6) is -0.00625. The summed E-state index contributed by atoms with van der Waals surface area (Å²) in [6.45, 7) is 2.52. The number of aryl methyl sites for hydroxylation is 1. The quantitative estimate of drug-likeness (QED) is 0.360. The van der Waals surface area contributed by atoms with Crippen LogP contribution in [0.5, 0.6) is 0 Å². The average Bonchev–Trinajstić information content (AvgIpc) is 3.23. The van der Waals surface area contributed by atoms with Crippen molar-refractivity contribution < 1.29 is 4.79 Å². The number of aromatic nitrogens is 4. The minimum absolute atomic E-state index is 0.00625. The number of rotatable bonds is 4. The van der Waals surface area contributed by atoms with Gasteiger partial charge in [-0.05, 0) is 49.6 Å². The Kier molecular flexibility index (Phi) is 5.48. The van der Waals surface area contributed by atoms with Gasteiger partial charge in [0.15, 0.2) is 10.8 Å². The molecule has 1 unspecified atom stereocenters. The van der Waals surface area contributed by atoms with E-state index >= 15 is 0 Å². The van der Waals surface area contributed by atoms with Crippen LogP contribution in [0.4, 0.5) is 5.69 Å². The van der Waals surface area contributed by atoms with Gasteiger partial charge in [-0.15, -0.1) is 0 Å². The molecule has 7 nitrogen and oxygen atoms in total. The number of amides is 1. The van der Waals surface area contributed by atoms with Gasteiger partial charge in [-0.2, -0.15) is 5.10 Å². The van der Waals surface area contributed by atoms with Gasteiger partial charge in [0, 0.05) is 17.3 Å². The number of carbonyl (C=O) groups excluding carboxylic acids is 1. The van der Waals surface area contributed by atoms with E-state index in [4.69, 9.17) is 11.6 Å². The topological polar surface area (TPSA) is 83.9 Å². The van der Waals surface area contributed by atoms with Crippen molar-refractivity contribution in [2.75, 3.05) is 11.4 Å². The number of fused-ring (bicyclic) bond motifs is 2. The molecule has 0 saturated carbocycles. The zero-order chi connectivity index (χ0) is 22.2. The van der Waals surface area contributed by atoms with Crippen molar-refractivity contribution in [3.05, 3.63) is 75.7 Å². The zero-order valence-electron chi connectivity index (χ0n) is 17.3. The third-order valence-electron chi connectivity index (χ3n) is 5.48. The van der Waals surface area contributed by atoms with Crippen molar-refractivity contribution in [3.63, 3.8) is 0 Å². The van der Waals surface area contributed by atoms with Crippen molar-refractivity contribution in [1.82, 2.24) is 19.7 Å². The highest BCUT2D eigenvalue weighted by Crippen LogP contribution is 2.30. The van der Waals surface area contributed by atoms with Gasteiger partial charge in [-0.25, -0.2) is 9.67 Å². The van der Waals surface area contributed by atoms with Crippen molar-refractivity contribution in [2.45, 2.75) is 30.2 Å². The molecule has 3 heterocycles. The van der Waals surface area contributed by atoms with Crippen LogP contribution in [0.1, 0.15) is 18.9 Å². The number of nitrogens with zero attached hydrogens (tertiary/aromatic N) is 4. The molecule has 0 spiro atoms. The maximum Gasteiger partial charge on any atom is 0.262 e. The van der Waals surface area contributed by atoms with E-state index in [0.717, 1.165) is 18.5 Å². The summed E-state index contributed by atoms with van der Waals surface area (Å²) in [7, 11) is 0. The largest absolute Gasteiger partial charge is 0.311 e. The Bertz CT molecular complexity index is 1380. The Morgan fingerprint density at radius 1 is 1.22 bits per heavy atom. The van der Waals surface area contributed by atoms with Crippen molar-refractivity contribution in [1.29, 1.82) is 0 Å². The predicted octanol–water partition coefficient (Wildman–Crippen LogP) is 4.22. The summed E-state index contributed by atoms with van der Waals surface area (Å²) >= 11 is 7.35. The van der Waals surface area contributed by atoms with Crippen LogP contribution in [-0.4, -0.2) is 37.5 Å². The van der Waals surface area contributed by atoms with Crippen molar-refractivity contribution in [2.24, 2.45) is 0 Å². The molecule has 32 heavy (non-hydrogen) atoms.